The molecule has 0 radical (unpaired) electrons. The first-order valence-corrected chi connectivity index (χ1v) is 8.38. The van der Waals surface area contributed by atoms with E-state index < -0.39 is 11.7 Å². The average Bonchev–Trinajstić information content (AvgIpc) is 2.91. The van der Waals surface area contributed by atoms with Crippen molar-refractivity contribution >= 4 is 5.57 Å². The minimum absolute atomic E-state index is 0.581. The summed E-state index contributed by atoms with van der Waals surface area (Å²) >= 11 is 0. The molecule has 1 fully saturated rings. The SMILES string of the molecule is C/C=C(\C1=C2CCN(C)N2CCC1)c1ccc(C(F)(F)F)cc1C. The average molecular weight is 336 g/mol. The summed E-state index contributed by atoms with van der Waals surface area (Å²) in [5.74, 6) is 0. The van der Waals surface area contributed by atoms with Crippen LogP contribution in [0.1, 0.15) is 42.9 Å². The zero-order valence-electron chi connectivity index (χ0n) is 14.4. The van der Waals surface area contributed by atoms with Gasteiger partial charge in [-0.25, -0.2) is 5.01 Å². The normalized spacial score (nSPS) is 19.9. The molecule has 130 valence electrons. The third-order valence-corrected chi connectivity index (χ3v) is 5.00. The monoisotopic (exact) mass is 336 g/mol. The smallest absolute Gasteiger partial charge is 0.310 e. The van der Waals surface area contributed by atoms with Gasteiger partial charge in [-0.1, -0.05) is 12.1 Å². The Morgan fingerprint density at radius 1 is 1.17 bits per heavy atom. The van der Waals surface area contributed by atoms with Crippen LogP contribution < -0.4 is 0 Å². The van der Waals surface area contributed by atoms with Crippen molar-refractivity contribution < 1.29 is 13.2 Å². The summed E-state index contributed by atoms with van der Waals surface area (Å²) < 4.78 is 38.8. The maximum atomic E-state index is 12.9. The number of nitrogens with zero attached hydrogens (tertiary/aromatic N) is 2. The van der Waals surface area contributed by atoms with E-state index in [4.69, 9.17) is 0 Å². The molecule has 0 atom stereocenters. The molecule has 2 aliphatic rings. The predicted molar refractivity (Wildman–Crippen MR) is 90.0 cm³/mol. The van der Waals surface area contributed by atoms with Crippen molar-refractivity contribution in [3.05, 3.63) is 52.2 Å². The maximum Gasteiger partial charge on any atom is 0.416 e. The lowest BCUT2D eigenvalue weighted by Gasteiger charge is -2.33. The van der Waals surface area contributed by atoms with Crippen LogP contribution in [0, 0.1) is 6.92 Å². The highest BCUT2D eigenvalue weighted by atomic mass is 19.4. The number of hydrogen-bond acceptors (Lipinski definition) is 2. The molecule has 24 heavy (non-hydrogen) atoms. The van der Waals surface area contributed by atoms with Crippen molar-refractivity contribution in [2.24, 2.45) is 0 Å². The molecule has 0 N–H and O–H groups in total. The fourth-order valence-electron chi connectivity index (χ4n) is 3.81. The quantitative estimate of drug-likeness (QED) is 0.748. The van der Waals surface area contributed by atoms with Crippen LogP contribution in [-0.2, 0) is 6.18 Å². The van der Waals surface area contributed by atoms with Gasteiger partial charge in [-0.3, -0.25) is 0 Å². The molecule has 2 aliphatic heterocycles. The lowest BCUT2D eigenvalue weighted by molar-refractivity contribution is -0.137. The molecule has 0 unspecified atom stereocenters. The number of benzene rings is 1. The number of hydrazine groups is 1. The molecule has 1 aromatic carbocycles. The first-order chi connectivity index (χ1) is 11.3. The Bertz CT molecular complexity index is 701. The summed E-state index contributed by atoms with van der Waals surface area (Å²) in [6, 6.07) is 4.07. The molecule has 1 aromatic rings. The van der Waals surface area contributed by atoms with E-state index in [0.29, 0.717) is 5.56 Å². The van der Waals surface area contributed by atoms with Crippen LogP contribution in [0.5, 0.6) is 0 Å². The maximum absolute atomic E-state index is 12.9. The highest BCUT2D eigenvalue weighted by Gasteiger charge is 2.32. The van der Waals surface area contributed by atoms with Gasteiger partial charge in [0.1, 0.15) is 0 Å². The Morgan fingerprint density at radius 2 is 1.92 bits per heavy atom. The number of alkyl halides is 3. The lowest BCUT2D eigenvalue weighted by atomic mass is 9.87. The van der Waals surface area contributed by atoms with Crippen LogP contribution in [-0.4, -0.2) is 30.2 Å². The number of halogens is 3. The van der Waals surface area contributed by atoms with Gasteiger partial charge in [0.25, 0.3) is 0 Å². The Balaban J connectivity index is 2.03. The van der Waals surface area contributed by atoms with Crippen LogP contribution in [0.4, 0.5) is 13.2 Å². The number of aryl methyl sites for hydroxylation is 1. The van der Waals surface area contributed by atoms with Gasteiger partial charge >= 0.3 is 6.18 Å². The number of fused-ring (bicyclic) bond motifs is 1. The largest absolute Gasteiger partial charge is 0.416 e. The van der Waals surface area contributed by atoms with Crippen molar-refractivity contribution in [2.75, 3.05) is 20.1 Å². The van der Waals surface area contributed by atoms with Crippen LogP contribution in [0.2, 0.25) is 0 Å². The van der Waals surface area contributed by atoms with Crippen LogP contribution >= 0.6 is 0 Å². The van der Waals surface area contributed by atoms with E-state index in [1.165, 1.54) is 23.4 Å². The van der Waals surface area contributed by atoms with Gasteiger partial charge in [-0.05, 0) is 61.1 Å². The number of hydrogen-bond donors (Lipinski definition) is 0. The van der Waals surface area contributed by atoms with E-state index in [0.717, 1.165) is 43.5 Å². The Hall–Kier alpha value is -1.75. The van der Waals surface area contributed by atoms with E-state index in [2.05, 4.69) is 17.1 Å². The van der Waals surface area contributed by atoms with Crippen molar-refractivity contribution in [3.8, 4) is 0 Å². The third-order valence-electron chi connectivity index (χ3n) is 5.00. The summed E-state index contributed by atoms with van der Waals surface area (Å²) in [6.07, 6.45) is 0.805. The third kappa shape index (κ3) is 2.97. The van der Waals surface area contributed by atoms with Crippen molar-refractivity contribution in [1.29, 1.82) is 0 Å². The fraction of sp³-hybridized carbons (Fsp3) is 0.474. The molecule has 2 nitrogen and oxygen atoms in total. The second-order valence-electron chi connectivity index (χ2n) is 6.51. The molecule has 1 saturated heterocycles. The van der Waals surface area contributed by atoms with Gasteiger partial charge in [-0.15, -0.1) is 0 Å². The number of allylic oxidation sites excluding steroid dienone is 3. The van der Waals surface area contributed by atoms with Gasteiger partial charge in [0.2, 0.25) is 0 Å². The summed E-state index contributed by atoms with van der Waals surface area (Å²) in [4.78, 5) is 0. The molecule has 5 heteroatoms. The molecule has 0 aromatic heterocycles. The molecule has 0 bridgehead atoms. The van der Waals surface area contributed by atoms with E-state index in [1.807, 2.05) is 13.0 Å². The number of rotatable bonds is 2. The molecule has 0 aliphatic carbocycles. The Kier molecular flexibility index (Phi) is 4.47. The fourth-order valence-corrected chi connectivity index (χ4v) is 3.81. The van der Waals surface area contributed by atoms with Crippen molar-refractivity contribution in [1.82, 2.24) is 10.0 Å². The van der Waals surface area contributed by atoms with Gasteiger partial charge < -0.3 is 5.01 Å². The zero-order valence-corrected chi connectivity index (χ0v) is 14.4. The summed E-state index contributed by atoms with van der Waals surface area (Å²) in [6.45, 7) is 5.76. The molecular weight excluding hydrogens is 313 g/mol. The van der Waals surface area contributed by atoms with E-state index in [-0.39, 0.29) is 0 Å². The summed E-state index contributed by atoms with van der Waals surface area (Å²) in [7, 11) is 2.09. The lowest BCUT2D eigenvalue weighted by Crippen LogP contribution is -2.35. The van der Waals surface area contributed by atoms with E-state index in [1.54, 1.807) is 13.0 Å². The minimum Gasteiger partial charge on any atom is -0.310 e. The van der Waals surface area contributed by atoms with Crippen LogP contribution in [0.25, 0.3) is 5.57 Å². The second-order valence-corrected chi connectivity index (χ2v) is 6.51. The highest BCUT2D eigenvalue weighted by molar-refractivity contribution is 5.81. The summed E-state index contributed by atoms with van der Waals surface area (Å²) in [5.41, 5.74) is 4.70. The molecule has 0 amide bonds. The van der Waals surface area contributed by atoms with Crippen molar-refractivity contribution in [2.45, 2.75) is 39.3 Å². The molecule has 0 saturated carbocycles. The highest BCUT2D eigenvalue weighted by Crippen LogP contribution is 2.40. The van der Waals surface area contributed by atoms with Gasteiger partial charge in [0.05, 0.1) is 5.56 Å². The molecular formula is C19H23F3N2. The van der Waals surface area contributed by atoms with Gasteiger partial charge in [0.15, 0.2) is 0 Å². The molecule has 3 rings (SSSR count). The van der Waals surface area contributed by atoms with Gasteiger partial charge in [-0.2, -0.15) is 13.2 Å². The first-order valence-electron chi connectivity index (χ1n) is 8.38. The standard InChI is InChI=1S/C19H23F3N2/c1-4-15(16-8-7-14(12-13(16)2)19(20,21)22)17-6-5-10-24-18(17)9-11-23(24)3/h4,7-8,12H,5-6,9-11H2,1-3H3/b15-4-. The minimum atomic E-state index is -4.29. The van der Waals surface area contributed by atoms with E-state index >= 15 is 0 Å². The van der Waals surface area contributed by atoms with Crippen LogP contribution in [0.15, 0.2) is 35.5 Å². The predicted octanol–water partition coefficient (Wildman–Crippen LogP) is 5.02. The van der Waals surface area contributed by atoms with E-state index in [9.17, 15) is 13.2 Å². The topological polar surface area (TPSA) is 6.48 Å². The van der Waals surface area contributed by atoms with Crippen molar-refractivity contribution in [3.63, 3.8) is 0 Å². The Morgan fingerprint density at radius 3 is 2.54 bits per heavy atom. The Labute approximate surface area is 141 Å². The summed E-state index contributed by atoms with van der Waals surface area (Å²) in [5, 5.41) is 4.56. The molecule has 2 heterocycles. The zero-order chi connectivity index (χ0) is 17.5. The molecule has 0 spiro atoms. The first kappa shape index (κ1) is 17.1. The van der Waals surface area contributed by atoms with Crippen LogP contribution in [0.3, 0.4) is 0 Å². The second kappa shape index (κ2) is 6.28. The van der Waals surface area contributed by atoms with Gasteiger partial charge in [0, 0.05) is 32.3 Å².